The van der Waals surface area contributed by atoms with E-state index in [1.165, 1.54) is 141 Å². The monoisotopic (exact) mass is 484 g/mol. The predicted molar refractivity (Wildman–Crippen MR) is 144 cm³/mol. The molecule has 196 valence electrons. The number of hydrogen-bond acceptors (Lipinski definition) is 2. The summed E-state index contributed by atoms with van der Waals surface area (Å²) in [4.78, 5) is 10.4. The summed E-state index contributed by atoms with van der Waals surface area (Å²) in [6, 6.07) is 0. The molecule has 1 rings (SSSR count). The summed E-state index contributed by atoms with van der Waals surface area (Å²) in [5.74, 6) is 2.15. The number of carboxylic acid groups (broad SMARTS) is 1. The van der Waals surface area contributed by atoms with Crippen molar-refractivity contribution in [1.29, 1.82) is 0 Å². The zero-order chi connectivity index (χ0) is 23.8. The van der Waals surface area contributed by atoms with Gasteiger partial charge in [0.15, 0.2) is 0 Å². The van der Waals surface area contributed by atoms with Gasteiger partial charge in [-0.15, -0.1) is 0 Å². The fraction of sp³-hybridized carbons (Fsp3) is 0.966. The summed E-state index contributed by atoms with van der Waals surface area (Å²) in [6.07, 6.45) is 32.6. The first-order valence-corrected chi connectivity index (χ1v) is 16.2. The van der Waals surface area contributed by atoms with Crippen molar-refractivity contribution in [2.24, 2.45) is 5.92 Å². The number of unbranched alkanes of at least 4 members (excludes halogenated alkanes) is 20. The maximum atomic E-state index is 11.4. The van der Waals surface area contributed by atoms with Crippen molar-refractivity contribution in [3.05, 3.63) is 0 Å². The lowest BCUT2D eigenvalue weighted by molar-refractivity contribution is -0.137. The van der Waals surface area contributed by atoms with Gasteiger partial charge >= 0.3 is 5.97 Å². The largest absolute Gasteiger partial charge is 0.616 e. The average molecular weight is 485 g/mol. The molecule has 1 aliphatic heterocycles. The van der Waals surface area contributed by atoms with Gasteiger partial charge in [0.05, 0.1) is 0 Å². The quantitative estimate of drug-likeness (QED) is 0.110. The summed E-state index contributed by atoms with van der Waals surface area (Å²) >= 11 is -0.494. The van der Waals surface area contributed by atoms with Crippen molar-refractivity contribution >= 4 is 17.1 Å². The molecule has 0 aromatic carbocycles. The number of aliphatic carboxylic acids is 1. The molecule has 0 aliphatic carbocycles. The van der Waals surface area contributed by atoms with Gasteiger partial charge in [-0.05, 0) is 25.2 Å². The molecule has 0 atom stereocenters. The molecule has 0 bridgehead atoms. The third kappa shape index (κ3) is 22.0. The molecule has 4 heteroatoms. The molecular weight excluding hydrogens is 428 g/mol. The van der Waals surface area contributed by atoms with E-state index in [1.54, 1.807) is 0 Å². The maximum Gasteiger partial charge on any atom is 0.303 e. The summed E-state index contributed by atoms with van der Waals surface area (Å²) in [7, 11) is 0. The second-order valence-electron chi connectivity index (χ2n) is 10.6. The van der Waals surface area contributed by atoms with Gasteiger partial charge < -0.3 is 9.66 Å². The van der Waals surface area contributed by atoms with Crippen LogP contribution in [0.4, 0.5) is 0 Å². The van der Waals surface area contributed by atoms with Crippen molar-refractivity contribution < 1.29 is 14.5 Å². The van der Waals surface area contributed by atoms with E-state index in [0.717, 1.165) is 30.3 Å². The molecule has 0 aromatic rings. The molecule has 0 radical (unpaired) electrons. The minimum Gasteiger partial charge on any atom is -0.616 e. The lowest BCUT2D eigenvalue weighted by Crippen LogP contribution is -2.23. The van der Waals surface area contributed by atoms with Crippen LogP contribution in [0.5, 0.6) is 0 Å². The van der Waals surface area contributed by atoms with E-state index in [1.807, 2.05) is 0 Å². The molecule has 0 spiro atoms. The van der Waals surface area contributed by atoms with E-state index in [4.69, 9.17) is 5.11 Å². The molecule has 1 fully saturated rings. The van der Waals surface area contributed by atoms with Gasteiger partial charge in [0.2, 0.25) is 0 Å². The lowest BCUT2D eigenvalue weighted by Gasteiger charge is -2.23. The normalized spacial score (nSPS) is 18.6. The van der Waals surface area contributed by atoms with E-state index < -0.39 is 17.1 Å². The zero-order valence-corrected chi connectivity index (χ0v) is 22.7. The Hall–Kier alpha value is -0.220. The van der Waals surface area contributed by atoms with Crippen LogP contribution >= 0.6 is 0 Å². The smallest absolute Gasteiger partial charge is 0.303 e. The van der Waals surface area contributed by atoms with Crippen molar-refractivity contribution in [3.63, 3.8) is 0 Å². The van der Waals surface area contributed by atoms with E-state index >= 15 is 0 Å². The fourth-order valence-electron chi connectivity index (χ4n) is 5.20. The van der Waals surface area contributed by atoms with Gasteiger partial charge in [0.25, 0.3) is 0 Å². The van der Waals surface area contributed by atoms with E-state index in [2.05, 4.69) is 0 Å². The second-order valence-corrected chi connectivity index (χ2v) is 12.3. The number of carbonyl (C=O) groups is 1. The van der Waals surface area contributed by atoms with Crippen molar-refractivity contribution in [2.45, 2.75) is 161 Å². The standard InChI is InChI=1S/C29H56O3S/c30-29(31)23-21-19-17-15-13-11-9-7-5-3-1-2-4-6-8-10-12-14-16-18-20-22-28-24-26-33(32)27-25-28/h28H,1-27H2,(H,30,31). The molecule has 1 N–H and O–H groups in total. The van der Waals surface area contributed by atoms with Crippen LogP contribution in [-0.2, 0) is 16.0 Å². The minimum absolute atomic E-state index is 0.341. The van der Waals surface area contributed by atoms with E-state index in [0.29, 0.717) is 6.42 Å². The van der Waals surface area contributed by atoms with Crippen molar-refractivity contribution in [1.82, 2.24) is 0 Å². The Balaban J connectivity index is 1.64. The molecular formula is C29H56O3S. The summed E-state index contributed by atoms with van der Waals surface area (Å²) in [5, 5.41) is 8.61. The van der Waals surface area contributed by atoms with Crippen LogP contribution in [0.3, 0.4) is 0 Å². The van der Waals surface area contributed by atoms with Crippen molar-refractivity contribution in [3.8, 4) is 0 Å². The van der Waals surface area contributed by atoms with E-state index in [-0.39, 0.29) is 0 Å². The predicted octanol–water partition coefficient (Wildman–Crippen LogP) is 9.20. The lowest BCUT2D eigenvalue weighted by atomic mass is 9.95. The Morgan fingerprint density at radius 3 is 1.21 bits per heavy atom. The van der Waals surface area contributed by atoms with Gasteiger partial charge in [-0.2, -0.15) is 0 Å². The van der Waals surface area contributed by atoms with Crippen LogP contribution < -0.4 is 0 Å². The Bertz CT molecular complexity index is 421. The average Bonchev–Trinajstić information content (AvgIpc) is 2.80. The summed E-state index contributed by atoms with van der Waals surface area (Å²) < 4.78 is 11.4. The van der Waals surface area contributed by atoms with Gasteiger partial charge in [-0.25, -0.2) is 0 Å². The third-order valence-corrected chi connectivity index (χ3v) is 8.89. The summed E-state index contributed by atoms with van der Waals surface area (Å²) in [5.41, 5.74) is 0. The van der Waals surface area contributed by atoms with E-state index in [9.17, 15) is 9.35 Å². The number of hydrogen-bond donors (Lipinski definition) is 1. The molecule has 1 aliphatic rings. The number of carboxylic acids is 1. The zero-order valence-electron chi connectivity index (χ0n) is 21.8. The van der Waals surface area contributed by atoms with Crippen LogP contribution in [0.25, 0.3) is 0 Å². The highest BCUT2D eigenvalue weighted by Crippen LogP contribution is 2.24. The van der Waals surface area contributed by atoms with Crippen molar-refractivity contribution in [2.75, 3.05) is 11.5 Å². The summed E-state index contributed by atoms with van der Waals surface area (Å²) in [6.45, 7) is 0. The Morgan fingerprint density at radius 2 is 0.879 bits per heavy atom. The molecule has 3 nitrogen and oxygen atoms in total. The topological polar surface area (TPSA) is 60.4 Å². The highest BCUT2D eigenvalue weighted by Gasteiger charge is 2.20. The third-order valence-electron chi connectivity index (χ3n) is 7.51. The molecule has 0 unspecified atom stereocenters. The first-order valence-electron chi connectivity index (χ1n) is 14.8. The second kappa shape index (κ2) is 23.5. The number of rotatable bonds is 24. The highest BCUT2D eigenvalue weighted by molar-refractivity contribution is 7.91. The highest BCUT2D eigenvalue weighted by atomic mass is 32.2. The van der Waals surface area contributed by atoms with Crippen LogP contribution in [-0.4, -0.2) is 27.1 Å². The molecule has 0 amide bonds. The van der Waals surface area contributed by atoms with Crippen LogP contribution in [0.1, 0.15) is 161 Å². The van der Waals surface area contributed by atoms with Gasteiger partial charge in [0, 0.05) is 6.42 Å². The first-order chi connectivity index (χ1) is 16.2. The van der Waals surface area contributed by atoms with Gasteiger partial charge in [-0.3, -0.25) is 4.79 Å². The minimum atomic E-state index is -0.654. The Morgan fingerprint density at radius 1 is 0.576 bits per heavy atom. The molecule has 1 saturated heterocycles. The molecule has 1 heterocycles. The molecule has 33 heavy (non-hydrogen) atoms. The SMILES string of the molecule is O=C(O)CCCCCCCCCCCCCCCCCCCCCCCC1CC[S+]([O-])CC1. The maximum absolute atomic E-state index is 11.4. The van der Waals surface area contributed by atoms with Crippen LogP contribution in [0, 0.1) is 5.92 Å². The molecule has 0 saturated carbocycles. The fourth-order valence-corrected chi connectivity index (χ4v) is 6.60. The Labute approximate surface area is 209 Å². The Kier molecular flexibility index (Phi) is 22.0. The van der Waals surface area contributed by atoms with Gasteiger partial charge in [0.1, 0.15) is 11.5 Å². The first kappa shape index (κ1) is 30.8. The van der Waals surface area contributed by atoms with Crippen LogP contribution in [0.2, 0.25) is 0 Å². The molecule has 0 aromatic heterocycles. The van der Waals surface area contributed by atoms with Gasteiger partial charge in [-0.1, -0.05) is 146 Å². The van der Waals surface area contributed by atoms with Crippen LogP contribution in [0.15, 0.2) is 0 Å².